The molecule has 1 N–H and O–H groups in total. The molecule has 78 valence electrons. The number of nitrogens with one attached hydrogen (secondary N) is 1. The van der Waals surface area contributed by atoms with Crippen molar-refractivity contribution in [1.82, 2.24) is 10.2 Å². The molecule has 0 spiro atoms. The van der Waals surface area contributed by atoms with Gasteiger partial charge >= 0.3 is 0 Å². The van der Waals surface area contributed by atoms with Gasteiger partial charge in [-0.25, -0.2) is 0 Å². The van der Waals surface area contributed by atoms with Crippen LogP contribution >= 0.6 is 0 Å². The molecule has 0 aromatic heterocycles. The van der Waals surface area contributed by atoms with Crippen molar-refractivity contribution in [1.29, 1.82) is 0 Å². The Hall–Kier alpha value is -0.120. The quantitative estimate of drug-likeness (QED) is 0.603. The van der Waals surface area contributed by atoms with E-state index in [1.165, 1.54) is 19.4 Å². The second kappa shape index (κ2) is 6.35. The third kappa shape index (κ3) is 5.24. The number of likely N-dealkylation sites (N-methyl/N-ethyl adjacent to an activating group) is 1. The number of hydrogen-bond acceptors (Lipinski definition) is 3. The lowest BCUT2D eigenvalue weighted by Gasteiger charge is -2.17. The van der Waals surface area contributed by atoms with Gasteiger partial charge < -0.3 is 15.0 Å². The Kier molecular flexibility index (Phi) is 5.35. The van der Waals surface area contributed by atoms with E-state index in [1.54, 1.807) is 0 Å². The van der Waals surface area contributed by atoms with Crippen molar-refractivity contribution in [3.8, 4) is 0 Å². The van der Waals surface area contributed by atoms with E-state index in [-0.39, 0.29) is 0 Å². The summed E-state index contributed by atoms with van der Waals surface area (Å²) in [5, 5.41) is 3.40. The fourth-order valence-electron chi connectivity index (χ4n) is 1.52. The van der Waals surface area contributed by atoms with Gasteiger partial charge in [0.05, 0.1) is 12.7 Å². The summed E-state index contributed by atoms with van der Waals surface area (Å²) < 4.78 is 5.64. The Morgan fingerprint density at radius 1 is 1.31 bits per heavy atom. The molecule has 0 amide bonds. The van der Waals surface area contributed by atoms with E-state index in [1.807, 2.05) is 0 Å². The molecular weight excluding hydrogens is 164 g/mol. The van der Waals surface area contributed by atoms with E-state index >= 15 is 0 Å². The van der Waals surface area contributed by atoms with Gasteiger partial charge in [0.2, 0.25) is 0 Å². The van der Waals surface area contributed by atoms with Crippen LogP contribution in [0.25, 0.3) is 0 Å². The summed E-state index contributed by atoms with van der Waals surface area (Å²) in [5.74, 6) is 0. The highest BCUT2D eigenvalue weighted by molar-refractivity contribution is 4.60. The van der Waals surface area contributed by atoms with Gasteiger partial charge in [-0.15, -0.1) is 0 Å². The molecule has 0 radical (unpaired) electrons. The minimum absolute atomic E-state index is 0.353. The molecule has 1 saturated heterocycles. The van der Waals surface area contributed by atoms with E-state index in [0.717, 1.165) is 26.2 Å². The molecule has 0 aromatic rings. The molecule has 1 heterocycles. The molecule has 3 nitrogen and oxygen atoms in total. The largest absolute Gasteiger partial charge is 0.376 e. The zero-order valence-electron chi connectivity index (χ0n) is 8.88. The van der Waals surface area contributed by atoms with E-state index in [9.17, 15) is 0 Å². The Labute approximate surface area is 81.4 Å². The maximum absolute atomic E-state index is 5.64. The number of ether oxygens (including phenoxy) is 1. The lowest BCUT2D eigenvalue weighted by molar-refractivity contribution is 0.0546. The summed E-state index contributed by atoms with van der Waals surface area (Å²) in [7, 11) is 2.17. The van der Waals surface area contributed by atoms with E-state index < -0.39 is 0 Å². The summed E-state index contributed by atoms with van der Waals surface area (Å²) in [6.07, 6.45) is 2.92. The zero-order valence-corrected chi connectivity index (χ0v) is 8.88. The standard InChI is InChI=1S/C10H22N2O/c1-10-9-11-5-3-4-6-12(2)7-8-13-10/h10-11H,3-9H2,1-2H3/t10-/m0/s1. The molecule has 1 fully saturated rings. The molecule has 0 unspecified atom stereocenters. The molecule has 0 saturated carbocycles. The van der Waals surface area contributed by atoms with Gasteiger partial charge in [0, 0.05) is 13.1 Å². The zero-order chi connectivity index (χ0) is 9.52. The third-order valence-electron chi connectivity index (χ3n) is 2.45. The summed E-state index contributed by atoms with van der Waals surface area (Å²) in [6.45, 7) is 7.36. The van der Waals surface area contributed by atoms with Crippen molar-refractivity contribution in [2.45, 2.75) is 25.9 Å². The van der Waals surface area contributed by atoms with E-state index in [4.69, 9.17) is 4.74 Å². The van der Waals surface area contributed by atoms with Crippen molar-refractivity contribution >= 4 is 0 Å². The summed E-state index contributed by atoms with van der Waals surface area (Å²) in [6, 6.07) is 0. The van der Waals surface area contributed by atoms with Gasteiger partial charge in [-0.2, -0.15) is 0 Å². The Morgan fingerprint density at radius 2 is 2.15 bits per heavy atom. The second-order valence-electron chi connectivity index (χ2n) is 3.90. The molecular formula is C10H22N2O. The molecule has 1 atom stereocenters. The first-order valence-electron chi connectivity index (χ1n) is 5.30. The average molecular weight is 186 g/mol. The first-order valence-corrected chi connectivity index (χ1v) is 5.30. The molecule has 0 aliphatic carbocycles. The van der Waals surface area contributed by atoms with Gasteiger partial charge in [-0.3, -0.25) is 0 Å². The highest BCUT2D eigenvalue weighted by Crippen LogP contribution is 1.96. The molecule has 1 aliphatic heterocycles. The topological polar surface area (TPSA) is 24.5 Å². The maximum atomic E-state index is 5.64. The van der Waals surface area contributed by atoms with Gasteiger partial charge in [0.25, 0.3) is 0 Å². The molecule has 1 rings (SSSR count). The van der Waals surface area contributed by atoms with Crippen LogP contribution in [0.15, 0.2) is 0 Å². The van der Waals surface area contributed by atoms with Gasteiger partial charge in [0.15, 0.2) is 0 Å². The van der Waals surface area contributed by atoms with Crippen LogP contribution in [-0.4, -0.2) is 50.8 Å². The number of rotatable bonds is 0. The van der Waals surface area contributed by atoms with Gasteiger partial charge in [-0.05, 0) is 39.9 Å². The van der Waals surface area contributed by atoms with Crippen LogP contribution in [0.5, 0.6) is 0 Å². The lowest BCUT2D eigenvalue weighted by atomic mass is 10.3. The van der Waals surface area contributed by atoms with E-state index in [0.29, 0.717) is 6.10 Å². The number of nitrogens with zero attached hydrogens (tertiary/aromatic N) is 1. The van der Waals surface area contributed by atoms with Crippen LogP contribution in [0, 0.1) is 0 Å². The SMILES string of the molecule is C[C@H]1CNCCCCN(C)CCO1. The fourth-order valence-corrected chi connectivity index (χ4v) is 1.52. The minimum Gasteiger partial charge on any atom is -0.376 e. The molecule has 0 aromatic carbocycles. The summed E-state index contributed by atoms with van der Waals surface area (Å²) in [4.78, 5) is 2.35. The van der Waals surface area contributed by atoms with E-state index in [2.05, 4.69) is 24.2 Å². The van der Waals surface area contributed by atoms with Crippen molar-refractivity contribution in [3.05, 3.63) is 0 Å². The van der Waals surface area contributed by atoms with Crippen molar-refractivity contribution in [2.24, 2.45) is 0 Å². The summed E-state index contributed by atoms with van der Waals surface area (Å²) >= 11 is 0. The molecule has 3 heteroatoms. The normalized spacial score (nSPS) is 29.5. The average Bonchev–Trinajstić information content (AvgIpc) is 2.13. The molecule has 0 bridgehead atoms. The first kappa shape index (κ1) is 11.0. The highest BCUT2D eigenvalue weighted by Gasteiger charge is 2.05. The number of hydrogen-bond donors (Lipinski definition) is 1. The van der Waals surface area contributed by atoms with Crippen LogP contribution in [0.3, 0.4) is 0 Å². The van der Waals surface area contributed by atoms with Crippen LogP contribution in [0.2, 0.25) is 0 Å². The Bertz CT molecular complexity index is 116. The molecule has 13 heavy (non-hydrogen) atoms. The lowest BCUT2D eigenvalue weighted by Crippen LogP contribution is -2.29. The summed E-state index contributed by atoms with van der Waals surface area (Å²) in [5.41, 5.74) is 0. The smallest absolute Gasteiger partial charge is 0.0672 e. The van der Waals surface area contributed by atoms with Crippen molar-refractivity contribution in [3.63, 3.8) is 0 Å². The molecule has 1 aliphatic rings. The van der Waals surface area contributed by atoms with Crippen LogP contribution < -0.4 is 5.32 Å². The van der Waals surface area contributed by atoms with Crippen LogP contribution in [0.4, 0.5) is 0 Å². The van der Waals surface area contributed by atoms with Crippen molar-refractivity contribution in [2.75, 3.05) is 39.8 Å². The van der Waals surface area contributed by atoms with Crippen LogP contribution in [0.1, 0.15) is 19.8 Å². The minimum atomic E-state index is 0.353. The Balaban J connectivity index is 2.23. The third-order valence-corrected chi connectivity index (χ3v) is 2.45. The predicted octanol–water partition coefficient (Wildman–Crippen LogP) is 0.707. The van der Waals surface area contributed by atoms with Crippen LogP contribution in [-0.2, 0) is 4.74 Å². The second-order valence-corrected chi connectivity index (χ2v) is 3.90. The monoisotopic (exact) mass is 186 g/mol. The maximum Gasteiger partial charge on any atom is 0.0672 e. The Morgan fingerprint density at radius 3 is 3.00 bits per heavy atom. The first-order chi connectivity index (χ1) is 6.29. The van der Waals surface area contributed by atoms with Crippen molar-refractivity contribution < 1.29 is 4.74 Å². The fraction of sp³-hybridized carbons (Fsp3) is 1.00. The predicted molar refractivity (Wildman–Crippen MR) is 55.0 cm³/mol. The highest BCUT2D eigenvalue weighted by atomic mass is 16.5. The van der Waals surface area contributed by atoms with Gasteiger partial charge in [-0.1, -0.05) is 0 Å². The van der Waals surface area contributed by atoms with Gasteiger partial charge in [0.1, 0.15) is 0 Å².